The van der Waals surface area contributed by atoms with Crippen molar-refractivity contribution in [3.05, 3.63) is 34.7 Å². The molecule has 1 fully saturated rings. The molecule has 0 saturated carbocycles. The van der Waals surface area contributed by atoms with Crippen molar-refractivity contribution in [2.45, 2.75) is 20.8 Å². The van der Waals surface area contributed by atoms with Crippen LogP contribution in [0.1, 0.15) is 36.0 Å². The molecule has 1 amide bonds. The lowest BCUT2D eigenvalue weighted by Gasteiger charge is -2.27. The zero-order chi connectivity index (χ0) is 22.1. The largest absolute Gasteiger partial charge is 0.490 e. The van der Waals surface area contributed by atoms with Crippen LogP contribution in [0.5, 0.6) is 17.2 Å². The summed E-state index contributed by atoms with van der Waals surface area (Å²) in [6.07, 6.45) is 1.65. The Morgan fingerprint density at radius 2 is 1.74 bits per heavy atom. The van der Waals surface area contributed by atoms with Crippen LogP contribution in [0.2, 0.25) is 0 Å². The number of thiophene rings is 1. The Labute approximate surface area is 186 Å². The Morgan fingerprint density at radius 3 is 2.35 bits per heavy atom. The van der Waals surface area contributed by atoms with E-state index in [9.17, 15) is 4.79 Å². The first kappa shape index (κ1) is 22.9. The number of nitrogens with one attached hydrogen (secondary N) is 1. The number of carbonyl (C=O) groups excluding carboxylic acids is 1. The first-order valence-electron chi connectivity index (χ1n) is 10.5. The molecule has 0 aliphatic carbocycles. The van der Waals surface area contributed by atoms with Gasteiger partial charge in [0.05, 0.1) is 44.3 Å². The second-order valence-electron chi connectivity index (χ2n) is 6.58. The summed E-state index contributed by atoms with van der Waals surface area (Å²) in [6, 6.07) is 7.34. The van der Waals surface area contributed by atoms with Crippen molar-refractivity contribution in [2.75, 3.05) is 51.0 Å². The molecule has 2 heterocycles. The number of ether oxygens (including phenoxy) is 4. The molecule has 168 valence electrons. The van der Waals surface area contributed by atoms with Crippen molar-refractivity contribution >= 4 is 28.5 Å². The second-order valence-corrected chi connectivity index (χ2v) is 7.67. The van der Waals surface area contributed by atoms with Gasteiger partial charge in [-0.25, -0.2) is 5.43 Å². The lowest BCUT2D eigenvalue weighted by molar-refractivity contribution is 0.0954. The SMILES string of the molecule is CCOc1cc(C(=O)N/N=C/c2ccc(N3CCOCC3)s2)cc(OCC)c1OCC. The number of hydrazone groups is 1. The number of amides is 1. The van der Waals surface area contributed by atoms with E-state index in [4.69, 9.17) is 18.9 Å². The number of hydrogen-bond donors (Lipinski definition) is 1. The molecule has 2 aromatic rings. The number of anilines is 1. The Bertz CT molecular complexity index is 866. The molecule has 1 aromatic heterocycles. The van der Waals surface area contributed by atoms with E-state index in [-0.39, 0.29) is 5.91 Å². The van der Waals surface area contributed by atoms with Crippen LogP contribution in [0.3, 0.4) is 0 Å². The number of hydrogen-bond acceptors (Lipinski definition) is 8. The Kier molecular flexibility index (Phi) is 8.54. The third-order valence-corrected chi connectivity index (χ3v) is 5.55. The molecule has 1 aromatic carbocycles. The van der Waals surface area contributed by atoms with Gasteiger partial charge >= 0.3 is 0 Å². The molecule has 31 heavy (non-hydrogen) atoms. The van der Waals surface area contributed by atoms with Gasteiger partial charge in [-0.3, -0.25) is 4.79 Å². The van der Waals surface area contributed by atoms with Gasteiger partial charge in [0.1, 0.15) is 0 Å². The zero-order valence-corrected chi connectivity index (χ0v) is 19.0. The van der Waals surface area contributed by atoms with Crippen LogP contribution in [0.4, 0.5) is 5.00 Å². The molecule has 9 heteroatoms. The molecule has 1 N–H and O–H groups in total. The molecular weight excluding hydrogens is 418 g/mol. The van der Waals surface area contributed by atoms with Crippen LogP contribution < -0.4 is 24.5 Å². The molecule has 0 spiro atoms. The maximum absolute atomic E-state index is 12.7. The fourth-order valence-corrected chi connectivity index (χ4v) is 4.03. The van der Waals surface area contributed by atoms with Crippen molar-refractivity contribution in [2.24, 2.45) is 5.10 Å². The summed E-state index contributed by atoms with van der Waals surface area (Å²) < 4.78 is 22.4. The van der Waals surface area contributed by atoms with Crippen LogP contribution in [-0.4, -0.2) is 58.2 Å². The molecule has 1 saturated heterocycles. The van der Waals surface area contributed by atoms with E-state index in [1.54, 1.807) is 29.7 Å². The summed E-state index contributed by atoms with van der Waals surface area (Å²) in [5.74, 6) is 1.09. The number of carbonyl (C=O) groups is 1. The summed E-state index contributed by atoms with van der Waals surface area (Å²) in [4.78, 5) is 15.9. The molecule has 1 aliphatic heterocycles. The molecule has 1 aliphatic rings. The monoisotopic (exact) mass is 447 g/mol. The minimum Gasteiger partial charge on any atom is -0.490 e. The number of nitrogens with zero attached hydrogens (tertiary/aromatic N) is 2. The van der Waals surface area contributed by atoms with Crippen LogP contribution in [0, 0.1) is 0 Å². The fourth-order valence-electron chi connectivity index (χ4n) is 3.10. The van der Waals surface area contributed by atoms with E-state index >= 15 is 0 Å². The van der Waals surface area contributed by atoms with Crippen LogP contribution in [0.25, 0.3) is 0 Å². The Morgan fingerprint density at radius 1 is 1.10 bits per heavy atom. The predicted molar refractivity (Wildman–Crippen MR) is 122 cm³/mol. The highest BCUT2D eigenvalue weighted by atomic mass is 32.1. The first-order valence-corrected chi connectivity index (χ1v) is 11.3. The minimum absolute atomic E-state index is 0.355. The lowest BCUT2D eigenvalue weighted by atomic mass is 10.1. The van der Waals surface area contributed by atoms with Crippen molar-refractivity contribution in [1.82, 2.24) is 5.43 Å². The van der Waals surface area contributed by atoms with E-state index in [1.807, 2.05) is 26.8 Å². The van der Waals surface area contributed by atoms with E-state index in [0.717, 1.165) is 31.2 Å². The molecule has 0 bridgehead atoms. The lowest BCUT2D eigenvalue weighted by Crippen LogP contribution is -2.35. The summed E-state index contributed by atoms with van der Waals surface area (Å²) in [5.41, 5.74) is 2.96. The number of benzene rings is 1. The molecular formula is C22H29N3O5S. The number of morpholine rings is 1. The third-order valence-electron chi connectivity index (χ3n) is 4.46. The second kappa shape index (κ2) is 11.6. The van der Waals surface area contributed by atoms with E-state index in [2.05, 4.69) is 21.5 Å². The highest BCUT2D eigenvalue weighted by molar-refractivity contribution is 7.17. The van der Waals surface area contributed by atoms with E-state index in [1.165, 1.54) is 5.00 Å². The average Bonchev–Trinajstić information content (AvgIpc) is 3.25. The average molecular weight is 448 g/mol. The number of rotatable bonds is 10. The Balaban J connectivity index is 1.70. The maximum Gasteiger partial charge on any atom is 0.271 e. The normalized spacial score (nSPS) is 14.0. The molecule has 0 unspecified atom stereocenters. The van der Waals surface area contributed by atoms with Gasteiger partial charge in [-0.1, -0.05) is 0 Å². The smallest absolute Gasteiger partial charge is 0.271 e. The molecule has 0 atom stereocenters. The van der Waals surface area contributed by atoms with Gasteiger partial charge in [0.25, 0.3) is 5.91 Å². The summed E-state index contributed by atoms with van der Waals surface area (Å²) >= 11 is 1.63. The summed E-state index contributed by atoms with van der Waals surface area (Å²) in [7, 11) is 0. The van der Waals surface area contributed by atoms with Gasteiger partial charge in [0.15, 0.2) is 11.5 Å². The molecule has 0 radical (unpaired) electrons. The van der Waals surface area contributed by atoms with E-state index in [0.29, 0.717) is 42.6 Å². The molecule has 8 nitrogen and oxygen atoms in total. The van der Waals surface area contributed by atoms with Gasteiger partial charge in [0.2, 0.25) is 5.75 Å². The van der Waals surface area contributed by atoms with Crippen molar-refractivity contribution in [3.63, 3.8) is 0 Å². The standard InChI is InChI=1S/C22H29N3O5S/c1-4-28-18-13-16(14-19(29-5-2)21(18)30-6-3)22(26)24-23-15-17-7-8-20(31-17)25-9-11-27-12-10-25/h7-8,13-15H,4-6,9-12H2,1-3H3,(H,24,26)/b23-15+. The van der Waals surface area contributed by atoms with Gasteiger partial charge in [-0.05, 0) is 45.0 Å². The maximum atomic E-state index is 12.7. The molecule has 3 rings (SSSR count). The first-order chi connectivity index (χ1) is 15.2. The summed E-state index contributed by atoms with van der Waals surface area (Å²) in [5, 5.41) is 5.29. The highest BCUT2D eigenvalue weighted by Gasteiger charge is 2.18. The van der Waals surface area contributed by atoms with Crippen molar-refractivity contribution < 1.29 is 23.7 Å². The third kappa shape index (κ3) is 6.11. The van der Waals surface area contributed by atoms with Crippen LogP contribution >= 0.6 is 11.3 Å². The summed E-state index contributed by atoms with van der Waals surface area (Å²) in [6.45, 7) is 10.2. The van der Waals surface area contributed by atoms with Gasteiger partial charge in [-0.15, -0.1) is 11.3 Å². The van der Waals surface area contributed by atoms with Gasteiger partial charge in [0, 0.05) is 23.5 Å². The van der Waals surface area contributed by atoms with E-state index < -0.39 is 0 Å². The van der Waals surface area contributed by atoms with Gasteiger partial charge < -0.3 is 23.8 Å². The quantitative estimate of drug-likeness (QED) is 0.443. The van der Waals surface area contributed by atoms with Gasteiger partial charge in [-0.2, -0.15) is 5.10 Å². The Hall–Kier alpha value is -2.78. The highest BCUT2D eigenvalue weighted by Crippen LogP contribution is 2.39. The minimum atomic E-state index is -0.355. The van der Waals surface area contributed by atoms with Crippen LogP contribution in [0.15, 0.2) is 29.4 Å². The fraction of sp³-hybridized carbons (Fsp3) is 0.455. The topological polar surface area (TPSA) is 81.6 Å². The van der Waals surface area contributed by atoms with Crippen molar-refractivity contribution in [1.29, 1.82) is 0 Å². The van der Waals surface area contributed by atoms with Crippen LogP contribution in [-0.2, 0) is 4.74 Å². The predicted octanol–water partition coefficient (Wildman–Crippen LogP) is 3.54. The van der Waals surface area contributed by atoms with Crippen molar-refractivity contribution in [3.8, 4) is 17.2 Å². The zero-order valence-electron chi connectivity index (χ0n) is 18.2.